The quantitative estimate of drug-likeness (QED) is 0.844. The Morgan fingerprint density at radius 1 is 1.15 bits per heavy atom. The molecular weight excluding hydrogens is 314 g/mol. The van der Waals surface area contributed by atoms with Crippen molar-refractivity contribution in [1.82, 2.24) is 0 Å². The molecule has 1 aromatic carbocycles. The number of hydrogen-bond acceptors (Lipinski definition) is 3. The predicted molar refractivity (Wildman–Crippen MR) is 88.1 cm³/mol. The normalized spacial score (nSPS) is 28.8. The summed E-state index contributed by atoms with van der Waals surface area (Å²) >= 11 is 3.50. The highest BCUT2D eigenvalue weighted by atomic mass is 79.9. The molecule has 1 heterocycles. The molecule has 3 nitrogen and oxygen atoms in total. The molecule has 1 aliphatic carbocycles. The molecule has 2 aliphatic rings. The van der Waals surface area contributed by atoms with Crippen LogP contribution in [0.15, 0.2) is 33.7 Å². The molecule has 1 saturated carbocycles. The summed E-state index contributed by atoms with van der Waals surface area (Å²) in [6, 6.07) is 8.41. The molecule has 1 aromatic rings. The number of aliphatic imine (C=N–C) groups is 1. The van der Waals surface area contributed by atoms with Crippen molar-refractivity contribution >= 4 is 27.6 Å². The zero-order valence-electron chi connectivity index (χ0n) is 12.2. The Kier molecular flexibility index (Phi) is 3.32. The lowest BCUT2D eigenvalue weighted by Gasteiger charge is -2.53. The number of anilines is 1. The summed E-state index contributed by atoms with van der Waals surface area (Å²) < 4.78 is 1.09. The fourth-order valence-electron chi connectivity index (χ4n) is 3.81. The molecule has 1 atom stereocenters. The molecule has 0 amide bonds. The van der Waals surface area contributed by atoms with Crippen LogP contribution in [0.3, 0.4) is 0 Å². The van der Waals surface area contributed by atoms with Crippen molar-refractivity contribution in [2.24, 2.45) is 16.1 Å². The van der Waals surface area contributed by atoms with Crippen LogP contribution in [0.2, 0.25) is 0 Å². The molecule has 4 heteroatoms. The number of nitrogens with zero attached hydrogens (tertiary/aromatic N) is 2. The summed E-state index contributed by atoms with van der Waals surface area (Å²) in [5.41, 5.74) is 7.66. The van der Waals surface area contributed by atoms with Gasteiger partial charge < -0.3 is 10.6 Å². The van der Waals surface area contributed by atoms with Crippen molar-refractivity contribution in [1.29, 1.82) is 0 Å². The van der Waals surface area contributed by atoms with E-state index in [0.717, 1.165) is 16.7 Å². The van der Waals surface area contributed by atoms with Crippen molar-refractivity contribution in [2.45, 2.75) is 45.1 Å². The van der Waals surface area contributed by atoms with Gasteiger partial charge >= 0.3 is 0 Å². The fourth-order valence-corrected chi connectivity index (χ4v) is 4.07. The standard InChI is InChI=1S/C16H22BrN3/c1-15(2)9-3-4-10-16(15)11-19-14(18)20(16)13-7-5-12(17)6-8-13/h5-8H,3-4,9-11H2,1-2H3,(H2,18,19). The maximum Gasteiger partial charge on any atom is 0.196 e. The molecule has 1 unspecified atom stereocenters. The molecule has 1 spiro atoms. The highest BCUT2D eigenvalue weighted by Gasteiger charge is 2.54. The van der Waals surface area contributed by atoms with Crippen molar-refractivity contribution < 1.29 is 0 Å². The van der Waals surface area contributed by atoms with Crippen molar-refractivity contribution in [3.63, 3.8) is 0 Å². The minimum Gasteiger partial charge on any atom is -0.369 e. The number of hydrogen-bond donors (Lipinski definition) is 1. The predicted octanol–water partition coefficient (Wildman–Crippen LogP) is 3.92. The molecule has 1 fully saturated rings. The van der Waals surface area contributed by atoms with Gasteiger partial charge in [0.25, 0.3) is 0 Å². The van der Waals surface area contributed by atoms with E-state index in [1.54, 1.807) is 0 Å². The monoisotopic (exact) mass is 335 g/mol. The molecule has 0 aromatic heterocycles. The first-order valence-corrected chi connectivity index (χ1v) is 8.11. The molecule has 0 radical (unpaired) electrons. The SMILES string of the molecule is CC1(C)CCCCC12CN=C(N)N2c1ccc(Br)cc1. The second kappa shape index (κ2) is 4.76. The summed E-state index contributed by atoms with van der Waals surface area (Å²) in [6.07, 6.45) is 4.98. The van der Waals surface area contributed by atoms with Gasteiger partial charge in [-0.15, -0.1) is 0 Å². The van der Waals surface area contributed by atoms with Crippen molar-refractivity contribution in [3.05, 3.63) is 28.7 Å². The lowest BCUT2D eigenvalue weighted by molar-refractivity contribution is 0.115. The van der Waals surface area contributed by atoms with Crippen LogP contribution in [-0.4, -0.2) is 18.0 Å². The van der Waals surface area contributed by atoms with Crippen LogP contribution in [-0.2, 0) is 0 Å². The van der Waals surface area contributed by atoms with E-state index in [1.165, 1.54) is 25.7 Å². The van der Waals surface area contributed by atoms with E-state index in [9.17, 15) is 0 Å². The Morgan fingerprint density at radius 2 is 1.80 bits per heavy atom. The molecule has 108 valence electrons. The first kappa shape index (κ1) is 13.9. The molecule has 1 aliphatic heterocycles. The Hall–Kier alpha value is -1.03. The van der Waals surface area contributed by atoms with Crippen LogP contribution >= 0.6 is 15.9 Å². The van der Waals surface area contributed by atoms with Crippen LogP contribution in [0.1, 0.15) is 39.5 Å². The second-order valence-corrected chi connectivity index (χ2v) is 7.52. The van der Waals surface area contributed by atoms with Gasteiger partial charge in [0.2, 0.25) is 0 Å². The van der Waals surface area contributed by atoms with E-state index < -0.39 is 0 Å². The average molecular weight is 336 g/mol. The fraction of sp³-hybridized carbons (Fsp3) is 0.562. The third-order valence-electron chi connectivity index (χ3n) is 5.15. The minimum atomic E-state index is 0.0448. The zero-order chi connectivity index (χ0) is 14.4. The summed E-state index contributed by atoms with van der Waals surface area (Å²) in [4.78, 5) is 6.89. The van der Waals surface area contributed by atoms with Gasteiger partial charge in [0.1, 0.15) is 0 Å². The maximum absolute atomic E-state index is 6.24. The van der Waals surface area contributed by atoms with Crippen LogP contribution in [0.4, 0.5) is 5.69 Å². The van der Waals surface area contributed by atoms with E-state index in [2.05, 4.69) is 63.9 Å². The first-order valence-electron chi connectivity index (χ1n) is 7.32. The summed E-state index contributed by atoms with van der Waals surface area (Å²) in [6.45, 7) is 5.56. The number of rotatable bonds is 1. The molecule has 0 saturated heterocycles. The number of halogens is 1. The molecule has 20 heavy (non-hydrogen) atoms. The van der Waals surface area contributed by atoms with Crippen LogP contribution in [0.25, 0.3) is 0 Å². The Bertz CT molecular complexity index is 535. The summed E-state index contributed by atoms with van der Waals surface area (Å²) in [5.74, 6) is 0.669. The van der Waals surface area contributed by atoms with Crippen LogP contribution in [0, 0.1) is 5.41 Å². The van der Waals surface area contributed by atoms with Gasteiger partial charge in [-0.3, -0.25) is 4.99 Å². The molecule has 0 bridgehead atoms. The van der Waals surface area contributed by atoms with Crippen LogP contribution in [0.5, 0.6) is 0 Å². The van der Waals surface area contributed by atoms with E-state index in [-0.39, 0.29) is 11.0 Å². The Balaban J connectivity index is 2.05. The van der Waals surface area contributed by atoms with Gasteiger partial charge in [-0.1, -0.05) is 42.6 Å². The Morgan fingerprint density at radius 3 is 2.45 bits per heavy atom. The molecule has 3 rings (SSSR count). The first-order chi connectivity index (χ1) is 9.46. The van der Waals surface area contributed by atoms with E-state index >= 15 is 0 Å². The van der Waals surface area contributed by atoms with Gasteiger partial charge in [0, 0.05) is 10.2 Å². The zero-order valence-corrected chi connectivity index (χ0v) is 13.8. The van der Waals surface area contributed by atoms with E-state index in [1.807, 2.05) is 0 Å². The highest BCUT2D eigenvalue weighted by Crippen LogP contribution is 2.50. The highest BCUT2D eigenvalue weighted by molar-refractivity contribution is 9.10. The second-order valence-electron chi connectivity index (χ2n) is 6.61. The van der Waals surface area contributed by atoms with Gasteiger partial charge in [0.05, 0.1) is 12.1 Å². The van der Waals surface area contributed by atoms with Crippen molar-refractivity contribution in [3.8, 4) is 0 Å². The number of benzene rings is 1. The van der Waals surface area contributed by atoms with Gasteiger partial charge in [0.15, 0.2) is 5.96 Å². The lowest BCUT2D eigenvalue weighted by Crippen LogP contribution is -2.61. The smallest absolute Gasteiger partial charge is 0.196 e. The third-order valence-corrected chi connectivity index (χ3v) is 5.68. The maximum atomic E-state index is 6.24. The van der Waals surface area contributed by atoms with E-state index in [0.29, 0.717) is 5.96 Å². The molecular formula is C16H22BrN3. The molecule has 2 N–H and O–H groups in total. The topological polar surface area (TPSA) is 41.6 Å². The largest absolute Gasteiger partial charge is 0.369 e. The van der Waals surface area contributed by atoms with Gasteiger partial charge in [-0.05, 0) is 42.5 Å². The number of nitrogens with two attached hydrogens (primary N) is 1. The lowest BCUT2D eigenvalue weighted by atomic mass is 9.62. The van der Waals surface area contributed by atoms with Crippen molar-refractivity contribution in [2.75, 3.05) is 11.4 Å². The van der Waals surface area contributed by atoms with E-state index in [4.69, 9.17) is 5.73 Å². The van der Waals surface area contributed by atoms with Crippen LogP contribution < -0.4 is 10.6 Å². The average Bonchev–Trinajstić information content (AvgIpc) is 2.74. The third kappa shape index (κ3) is 1.96. The number of guanidine groups is 1. The summed E-state index contributed by atoms with van der Waals surface area (Å²) in [5, 5.41) is 0. The Labute approximate surface area is 129 Å². The minimum absolute atomic E-state index is 0.0448. The summed E-state index contributed by atoms with van der Waals surface area (Å²) in [7, 11) is 0. The van der Waals surface area contributed by atoms with Gasteiger partial charge in [-0.25, -0.2) is 0 Å². The van der Waals surface area contributed by atoms with Gasteiger partial charge in [-0.2, -0.15) is 0 Å².